The molecule has 3 nitrogen and oxygen atoms in total. The molecule has 0 heterocycles. The molecule has 0 saturated carbocycles. The van der Waals surface area contributed by atoms with Crippen molar-refractivity contribution in [1.82, 2.24) is 5.32 Å². The van der Waals surface area contributed by atoms with Crippen LogP contribution >= 0.6 is 0 Å². The van der Waals surface area contributed by atoms with Gasteiger partial charge in [-0.05, 0) is 50.4 Å². The third kappa shape index (κ3) is 5.58. The van der Waals surface area contributed by atoms with Crippen LogP contribution in [-0.4, -0.2) is 13.2 Å². The number of unbranched alkanes of at least 4 members (excludes halogenated alkanes) is 2. The Morgan fingerprint density at radius 3 is 2.85 bits per heavy atom. The van der Waals surface area contributed by atoms with Crippen LogP contribution in [-0.2, 0) is 0 Å². The maximum Gasteiger partial charge on any atom is 0.165 e. The van der Waals surface area contributed by atoms with E-state index in [0.29, 0.717) is 13.0 Å². The standard InChI is InChI=1S/C16H23FN2O/c1-3-10-19-13(2)14-7-8-16(15(17)12-14)20-11-6-4-5-9-18/h7-8,12-13,19H,3-6,10-11H2,1-2H3. The zero-order chi connectivity index (χ0) is 14.8. The fourth-order valence-corrected chi connectivity index (χ4v) is 1.87. The minimum absolute atomic E-state index is 0.133. The van der Waals surface area contributed by atoms with E-state index < -0.39 is 0 Å². The van der Waals surface area contributed by atoms with Gasteiger partial charge in [-0.15, -0.1) is 0 Å². The lowest BCUT2D eigenvalue weighted by atomic mass is 10.1. The van der Waals surface area contributed by atoms with Gasteiger partial charge >= 0.3 is 0 Å². The van der Waals surface area contributed by atoms with Gasteiger partial charge in [-0.1, -0.05) is 13.0 Å². The van der Waals surface area contributed by atoms with Crippen molar-refractivity contribution >= 4 is 0 Å². The highest BCUT2D eigenvalue weighted by Crippen LogP contribution is 2.22. The zero-order valence-corrected chi connectivity index (χ0v) is 12.3. The largest absolute Gasteiger partial charge is 0.491 e. The zero-order valence-electron chi connectivity index (χ0n) is 12.3. The summed E-state index contributed by atoms with van der Waals surface area (Å²) >= 11 is 0. The number of rotatable bonds is 9. The predicted octanol–water partition coefficient (Wildman–Crippen LogP) is 3.96. The second-order valence-electron chi connectivity index (χ2n) is 4.83. The topological polar surface area (TPSA) is 45.0 Å². The number of nitrogens with one attached hydrogen (secondary N) is 1. The summed E-state index contributed by atoms with van der Waals surface area (Å²) in [6.07, 6.45) is 3.12. The van der Waals surface area contributed by atoms with Crippen molar-refractivity contribution in [3.8, 4) is 11.8 Å². The molecular formula is C16H23FN2O. The second-order valence-corrected chi connectivity index (χ2v) is 4.83. The number of hydrogen-bond donors (Lipinski definition) is 1. The molecule has 0 aliphatic carbocycles. The summed E-state index contributed by atoms with van der Waals surface area (Å²) in [6, 6.07) is 7.31. The van der Waals surface area contributed by atoms with Gasteiger partial charge in [0.25, 0.3) is 0 Å². The van der Waals surface area contributed by atoms with Gasteiger partial charge in [-0.25, -0.2) is 4.39 Å². The highest BCUT2D eigenvalue weighted by molar-refractivity contribution is 5.30. The maximum atomic E-state index is 13.9. The van der Waals surface area contributed by atoms with E-state index in [1.165, 1.54) is 6.07 Å². The van der Waals surface area contributed by atoms with Crippen molar-refractivity contribution in [1.29, 1.82) is 5.26 Å². The van der Waals surface area contributed by atoms with Gasteiger partial charge in [0.05, 0.1) is 12.7 Å². The van der Waals surface area contributed by atoms with E-state index in [2.05, 4.69) is 18.3 Å². The number of nitriles is 1. The third-order valence-electron chi connectivity index (χ3n) is 3.10. The smallest absolute Gasteiger partial charge is 0.165 e. The van der Waals surface area contributed by atoms with Gasteiger partial charge in [0, 0.05) is 12.5 Å². The first kappa shape index (κ1) is 16.5. The lowest BCUT2D eigenvalue weighted by Gasteiger charge is -2.15. The molecule has 1 unspecified atom stereocenters. The number of hydrogen-bond acceptors (Lipinski definition) is 3. The van der Waals surface area contributed by atoms with Crippen LogP contribution in [0.1, 0.15) is 51.1 Å². The first-order chi connectivity index (χ1) is 9.69. The molecule has 110 valence electrons. The van der Waals surface area contributed by atoms with Gasteiger partial charge in [0.2, 0.25) is 0 Å². The fraction of sp³-hybridized carbons (Fsp3) is 0.562. The van der Waals surface area contributed by atoms with Crippen molar-refractivity contribution < 1.29 is 9.13 Å². The Kier molecular flexibility index (Phi) is 7.67. The van der Waals surface area contributed by atoms with Gasteiger partial charge in [0.15, 0.2) is 11.6 Å². The molecule has 0 bridgehead atoms. The normalized spacial score (nSPS) is 11.9. The van der Waals surface area contributed by atoms with Gasteiger partial charge in [-0.3, -0.25) is 0 Å². The monoisotopic (exact) mass is 278 g/mol. The summed E-state index contributed by atoms with van der Waals surface area (Å²) in [5, 5.41) is 11.7. The molecule has 1 aromatic rings. The molecular weight excluding hydrogens is 255 g/mol. The third-order valence-corrected chi connectivity index (χ3v) is 3.10. The molecule has 0 fully saturated rings. The Hall–Kier alpha value is -1.60. The van der Waals surface area contributed by atoms with Crippen molar-refractivity contribution in [3.63, 3.8) is 0 Å². The van der Waals surface area contributed by atoms with Crippen LogP contribution in [0.3, 0.4) is 0 Å². The summed E-state index contributed by atoms with van der Waals surface area (Å²) in [5.74, 6) is -0.0404. The molecule has 0 amide bonds. The SMILES string of the molecule is CCCNC(C)c1ccc(OCCCCC#N)c(F)c1. The van der Waals surface area contributed by atoms with Crippen LogP contribution < -0.4 is 10.1 Å². The molecule has 0 aliphatic heterocycles. The van der Waals surface area contributed by atoms with E-state index in [-0.39, 0.29) is 17.6 Å². The molecule has 20 heavy (non-hydrogen) atoms. The first-order valence-corrected chi connectivity index (χ1v) is 7.21. The maximum absolute atomic E-state index is 13.9. The van der Waals surface area contributed by atoms with E-state index in [0.717, 1.165) is 31.4 Å². The summed E-state index contributed by atoms with van der Waals surface area (Å²) in [5.41, 5.74) is 0.924. The Labute approximate surface area is 120 Å². The molecule has 1 atom stereocenters. The van der Waals surface area contributed by atoms with E-state index in [9.17, 15) is 4.39 Å². The average molecular weight is 278 g/mol. The minimum atomic E-state index is -0.326. The number of ether oxygens (including phenoxy) is 1. The number of benzene rings is 1. The molecule has 0 spiro atoms. The number of nitrogens with zero attached hydrogens (tertiary/aromatic N) is 1. The van der Waals surface area contributed by atoms with E-state index in [1.807, 2.05) is 13.0 Å². The van der Waals surface area contributed by atoms with Crippen molar-refractivity contribution in [2.75, 3.05) is 13.2 Å². The van der Waals surface area contributed by atoms with Gasteiger partial charge in [-0.2, -0.15) is 5.26 Å². The van der Waals surface area contributed by atoms with E-state index >= 15 is 0 Å². The molecule has 0 aromatic heterocycles. The Morgan fingerprint density at radius 2 is 2.20 bits per heavy atom. The molecule has 0 radical (unpaired) electrons. The Balaban J connectivity index is 2.49. The summed E-state index contributed by atoms with van der Waals surface area (Å²) in [7, 11) is 0. The Morgan fingerprint density at radius 1 is 1.40 bits per heavy atom. The number of halogens is 1. The molecule has 1 aromatic carbocycles. The van der Waals surface area contributed by atoms with Crippen LogP contribution in [0.25, 0.3) is 0 Å². The minimum Gasteiger partial charge on any atom is -0.491 e. The van der Waals surface area contributed by atoms with Crippen LogP contribution in [0.2, 0.25) is 0 Å². The average Bonchev–Trinajstić information content (AvgIpc) is 2.46. The van der Waals surface area contributed by atoms with Gasteiger partial charge in [0.1, 0.15) is 0 Å². The van der Waals surface area contributed by atoms with E-state index in [4.69, 9.17) is 10.00 Å². The van der Waals surface area contributed by atoms with Gasteiger partial charge < -0.3 is 10.1 Å². The Bertz CT molecular complexity index is 443. The fourth-order valence-electron chi connectivity index (χ4n) is 1.87. The quantitative estimate of drug-likeness (QED) is 0.695. The summed E-state index contributed by atoms with van der Waals surface area (Å²) < 4.78 is 19.3. The highest BCUT2D eigenvalue weighted by Gasteiger charge is 2.09. The van der Waals surface area contributed by atoms with E-state index in [1.54, 1.807) is 6.07 Å². The molecule has 1 N–H and O–H groups in total. The van der Waals surface area contributed by atoms with Crippen LogP contribution in [0, 0.1) is 17.1 Å². The van der Waals surface area contributed by atoms with Crippen LogP contribution in [0.4, 0.5) is 4.39 Å². The summed E-state index contributed by atoms with van der Waals surface area (Å²) in [4.78, 5) is 0. The van der Waals surface area contributed by atoms with Crippen LogP contribution in [0.15, 0.2) is 18.2 Å². The van der Waals surface area contributed by atoms with Crippen LogP contribution in [0.5, 0.6) is 5.75 Å². The molecule has 0 aliphatic rings. The molecule has 0 saturated heterocycles. The van der Waals surface area contributed by atoms with Crippen molar-refractivity contribution in [3.05, 3.63) is 29.6 Å². The first-order valence-electron chi connectivity index (χ1n) is 7.21. The van der Waals surface area contributed by atoms with Crippen molar-refractivity contribution in [2.24, 2.45) is 0 Å². The lowest BCUT2D eigenvalue weighted by Crippen LogP contribution is -2.19. The molecule has 4 heteroatoms. The summed E-state index contributed by atoms with van der Waals surface area (Å²) in [6.45, 7) is 5.48. The molecule has 1 rings (SSSR count). The predicted molar refractivity (Wildman–Crippen MR) is 78.1 cm³/mol. The van der Waals surface area contributed by atoms with Crippen molar-refractivity contribution in [2.45, 2.75) is 45.6 Å². The highest BCUT2D eigenvalue weighted by atomic mass is 19.1. The second kappa shape index (κ2) is 9.33. The lowest BCUT2D eigenvalue weighted by molar-refractivity contribution is 0.292.